The number of nitrogens with one attached hydrogen (secondary N) is 2. The van der Waals surface area contributed by atoms with E-state index >= 15 is 0 Å². The number of nitrogens with zero attached hydrogens (tertiary/aromatic N) is 8. The summed E-state index contributed by atoms with van der Waals surface area (Å²) in [6, 6.07) is 5.62. The highest BCUT2D eigenvalue weighted by molar-refractivity contribution is 6.08. The number of morpholine rings is 1. The van der Waals surface area contributed by atoms with Gasteiger partial charge in [-0.15, -0.1) is 0 Å². The zero-order chi connectivity index (χ0) is 42.8. The molecule has 4 fully saturated rings. The van der Waals surface area contributed by atoms with Gasteiger partial charge in [-0.1, -0.05) is 0 Å². The monoisotopic (exact) mass is 846 g/mol. The van der Waals surface area contributed by atoms with Crippen LogP contribution in [0, 0.1) is 17.7 Å². The summed E-state index contributed by atoms with van der Waals surface area (Å²) in [5.74, 6) is -2.46. The smallest absolute Gasteiger partial charge is 0.284 e. The number of benzene rings is 1. The number of halogens is 3. The standard InChI is InChI=1S/C42H49F3N10O6/c1-51(14-10-25-11-15-53(16-12-25)42(60)27-4-8-32(43)30(22-27)29-7-9-35(56)49-39(29)57)41(59)26-2-5-28(6-3-26)55-24-33(36(50-55)37(44)45)47-40(58)31-23-46-54-17-13-34(48-38(31)54)52-18-20-61-21-19-52/h4,8,13,17,22-26,28-29,37H,2-3,5-7,9-12,14-16,18-21H2,1H3,(H,47,58)(H,49,56,57). The maximum atomic E-state index is 14.7. The Bertz CT molecular complexity index is 2300. The molecule has 0 spiro atoms. The molecule has 8 rings (SSSR count). The second-order valence-electron chi connectivity index (χ2n) is 16.4. The number of rotatable bonds is 11. The molecule has 3 aromatic heterocycles. The molecule has 1 aliphatic carbocycles. The maximum absolute atomic E-state index is 14.7. The highest BCUT2D eigenvalue weighted by Crippen LogP contribution is 2.36. The number of amides is 5. The zero-order valence-corrected chi connectivity index (χ0v) is 33.9. The van der Waals surface area contributed by atoms with Crippen LogP contribution in [0.3, 0.4) is 0 Å². The molecule has 19 heteroatoms. The first-order valence-electron chi connectivity index (χ1n) is 21.0. The number of alkyl halides is 2. The van der Waals surface area contributed by atoms with Crippen LogP contribution in [0.2, 0.25) is 0 Å². The summed E-state index contributed by atoms with van der Waals surface area (Å²) in [6.45, 7) is 4.00. The number of piperidine rings is 2. The van der Waals surface area contributed by atoms with E-state index in [4.69, 9.17) is 4.74 Å². The Morgan fingerprint density at radius 1 is 1.00 bits per heavy atom. The van der Waals surface area contributed by atoms with E-state index in [9.17, 15) is 37.1 Å². The van der Waals surface area contributed by atoms with E-state index in [1.807, 2.05) is 4.90 Å². The number of imide groups is 1. The molecule has 324 valence electrons. The van der Waals surface area contributed by atoms with Crippen molar-refractivity contribution in [1.82, 2.24) is 39.5 Å². The molecule has 0 bridgehead atoms. The van der Waals surface area contributed by atoms with E-state index in [2.05, 4.69) is 25.8 Å². The van der Waals surface area contributed by atoms with Crippen molar-refractivity contribution < 1.29 is 41.9 Å². The maximum Gasteiger partial charge on any atom is 0.284 e. The zero-order valence-electron chi connectivity index (χ0n) is 33.9. The van der Waals surface area contributed by atoms with Crippen LogP contribution in [0.25, 0.3) is 5.65 Å². The van der Waals surface area contributed by atoms with Crippen LogP contribution in [-0.2, 0) is 19.1 Å². The fourth-order valence-electron chi connectivity index (χ4n) is 8.95. The lowest BCUT2D eigenvalue weighted by Gasteiger charge is -2.34. The summed E-state index contributed by atoms with van der Waals surface area (Å²) in [6.07, 6.45) is 6.36. The third kappa shape index (κ3) is 9.11. The highest BCUT2D eigenvalue weighted by atomic mass is 19.3. The van der Waals surface area contributed by atoms with E-state index < -0.39 is 41.6 Å². The van der Waals surface area contributed by atoms with Gasteiger partial charge in [0.25, 0.3) is 18.2 Å². The fraction of sp³-hybridized carbons (Fsp3) is 0.524. The predicted molar refractivity (Wildman–Crippen MR) is 215 cm³/mol. The molecule has 1 saturated carbocycles. The highest BCUT2D eigenvalue weighted by Gasteiger charge is 2.34. The molecule has 1 aromatic carbocycles. The molecule has 1 unspecified atom stereocenters. The number of hydrogen-bond donors (Lipinski definition) is 2. The first-order chi connectivity index (χ1) is 29.4. The van der Waals surface area contributed by atoms with Gasteiger partial charge in [0.15, 0.2) is 11.3 Å². The number of aromatic nitrogens is 5. The van der Waals surface area contributed by atoms with E-state index in [1.165, 1.54) is 39.8 Å². The number of ether oxygens (including phenoxy) is 1. The first kappa shape index (κ1) is 41.9. The summed E-state index contributed by atoms with van der Waals surface area (Å²) in [7, 11) is 1.79. The number of anilines is 2. The average Bonchev–Trinajstić information content (AvgIpc) is 3.91. The van der Waals surface area contributed by atoms with Gasteiger partial charge in [0, 0.05) is 75.6 Å². The SMILES string of the molecule is CN(CCC1CCN(C(=O)c2ccc(F)c(C3CCC(=O)NC3=O)c2)CC1)C(=O)C1CCC(n2cc(NC(=O)c3cnn4ccc(N5CCOCC5)nc34)c(C(F)F)n2)CC1. The third-order valence-corrected chi connectivity index (χ3v) is 12.6. The molecule has 61 heavy (non-hydrogen) atoms. The van der Waals surface area contributed by atoms with Gasteiger partial charge in [-0.25, -0.2) is 22.7 Å². The molecule has 6 heterocycles. The minimum atomic E-state index is -2.93. The molecule has 16 nitrogen and oxygen atoms in total. The van der Waals surface area contributed by atoms with E-state index in [0.29, 0.717) is 94.6 Å². The van der Waals surface area contributed by atoms with Gasteiger partial charge in [0.05, 0.1) is 37.1 Å². The Morgan fingerprint density at radius 2 is 1.75 bits per heavy atom. The molecular weight excluding hydrogens is 798 g/mol. The fourth-order valence-corrected chi connectivity index (χ4v) is 8.95. The van der Waals surface area contributed by atoms with Gasteiger partial charge in [-0.2, -0.15) is 10.2 Å². The van der Waals surface area contributed by atoms with Gasteiger partial charge in [-0.3, -0.25) is 34.0 Å². The number of hydrogen-bond acceptors (Lipinski definition) is 10. The van der Waals surface area contributed by atoms with Crippen molar-refractivity contribution in [2.24, 2.45) is 11.8 Å². The second kappa shape index (κ2) is 18.0. The van der Waals surface area contributed by atoms with E-state index in [1.54, 1.807) is 29.1 Å². The van der Waals surface area contributed by atoms with Crippen molar-refractivity contribution in [3.05, 3.63) is 71.1 Å². The number of fused-ring (bicyclic) bond motifs is 1. The minimum Gasteiger partial charge on any atom is -0.378 e. The lowest BCUT2D eigenvalue weighted by atomic mass is 9.85. The molecule has 0 radical (unpaired) electrons. The van der Waals surface area contributed by atoms with E-state index in [-0.39, 0.29) is 53.4 Å². The van der Waals surface area contributed by atoms with Gasteiger partial charge in [-0.05, 0) is 81.5 Å². The van der Waals surface area contributed by atoms with Crippen LogP contribution in [-0.4, -0.2) is 117 Å². The molecule has 3 saturated heterocycles. The Balaban J connectivity index is 0.806. The van der Waals surface area contributed by atoms with E-state index in [0.717, 1.165) is 19.3 Å². The molecule has 4 aromatic rings. The Kier molecular flexibility index (Phi) is 12.4. The van der Waals surface area contributed by atoms with Gasteiger partial charge in [0.1, 0.15) is 17.2 Å². The quantitative estimate of drug-likeness (QED) is 0.201. The van der Waals surface area contributed by atoms with Crippen molar-refractivity contribution >= 4 is 46.7 Å². The van der Waals surface area contributed by atoms with Crippen molar-refractivity contribution in [3.8, 4) is 0 Å². The summed E-state index contributed by atoms with van der Waals surface area (Å²) in [5, 5.41) is 13.3. The molecule has 4 aliphatic rings. The van der Waals surface area contributed by atoms with Crippen molar-refractivity contribution in [2.45, 2.75) is 76.2 Å². The Labute approximate surface area is 349 Å². The van der Waals surface area contributed by atoms with Crippen LogP contribution < -0.4 is 15.5 Å². The number of likely N-dealkylation sites (tertiary alicyclic amines) is 1. The largest absolute Gasteiger partial charge is 0.378 e. The predicted octanol–water partition coefficient (Wildman–Crippen LogP) is 4.74. The van der Waals surface area contributed by atoms with Crippen LogP contribution in [0.1, 0.15) is 108 Å². The van der Waals surface area contributed by atoms with Crippen LogP contribution in [0.4, 0.5) is 24.7 Å². The van der Waals surface area contributed by atoms with Crippen molar-refractivity contribution in [2.75, 3.05) is 63.2 Å². The average molecular weight is 847 g/mol. The van der Waals surface area contributed by atoms with Crippen molar-refractivity contribution in [3.63, 3.8) is 0 Å². The molecular formula is C42H49F3N10O6. The lowest BCUT2D eigenvalue weighted by Crippen LogP contribution is -2.41. The topological polar surface area (TPSA) is 176 Å². The van der Waals surface area contributed by atoms with Gasteiger partial charge >= 0.3 is 0 Å². The number of carbonyl (C=O) groups is 5. The summed E-state index contributed by atoms with van der Waals surface area (Å²) >= 11 is 0. The second-order valence-corrected chi connectivity index (χ2v) is 16.4. The summed E-state index contributed by atoms with van der Waals surface area (Å²) in [4.78, 5) is 74.5. The van der Waals surface area contributed by atoms with Gasteiger partial charge < -0.3 is 24.8 Å². The molecule has 1 atom stereocenters. The Hall–Kier alpha value is -5.85. The normalized spacial score (nSPS) is 21.5. The number of carbonyl (C=O) groups excluding carboxylic acids is 5. The lowest BCUT2D eigenvalue weighted by molar-refractivity contribution is -0.136. The summed E-state index contributed by atoms with van der Waals surface area (Å²) < 4.78 is 51.6. The third-order valence-electron chi connectivity index (χ3n) is 12.6. The molecule has 3 aliphatic heterocycles. The molecule has 5 amide bonds. The Morgan fingerprint density at radius 3 is 2.48 bits per heavy atom. The van der Waals surface area contributed by atoms with Crippen LogP contribution in [0.5, 0.6) is 0 Å². The first-order valence-corrected chi connectivity index (χ1v) is 21.0. The van der Waals surface area contributed by atoms with Gasteiger partial charge in [0.2, 0.25) is 17.7 Å². The molecule has 2 N–H and O–H groups in total. The minimum absolute atomic E-state index is 0.0367. The summed E-state index contributed by atoms with van der Waals surface area (Å²) in [5.41, 5.74) is 0.217. The van der Waals surface area contributed by atoms with Crippen molar-refractivity contribution in [1.29, 1.82) is 0 Å². The van der Waals surface area contributed by atoms with Crippen LogP contribution in [0.15, 0.2) is 42.9 Å². The van der Waals surface area contributed by atoms with Crippen LogP contribution >= 0.6 is 0 Å².